The van der Waals surface area contributed by atoms with Gasteiger partial charge in [0.2, 0.25) is 11.7 Å². The number of aliphatic carboxylic acids is 1. The highest BCUT2D eigenvalue weighted by atomic mass is 16.5. The van der Waals surface area contributed by atoms with Crippen LogP contribution in [0.1, 0.15) is 132 Å². The molecule has 282 valence electrons. The third-order valence-corrected chi connectivity index (χ3v) is 15.7. The van der Waals surface area contributed by atoms with Crippen molar-refractivity contribution in [3.05, 3.63) is 35.5 Å². The molecule has 0 aromatic carbocycles. The number of fused-ring (bicyclic) bond motifs is 7. The number of carboxylic acid groups (broad SMARTS) is 1. The highest BCUT2D eigenvalue weighted by Gasteiger charge is 2.70. The zero-order chi connectivity index (χ0) is 37.6. The highest BCUT2D eigenvalue weighted by molar-refractivity contribution is 6.00. The van der Waals surface area contributed by atoms with Crippen molar-refractivity contribution in [1.29, 1.82) is 0 Å². The van der Waals surface area contributed by atoms with Gasteiger partial charge < -0.3 is 14.3 Å². The quantitative estimate of drug-likeness (QED) is 0.264. The van der Waals surface area contributed by atoms with E-state index < -0.39 is 17.4 Å². The number of carbonyl (C=O) groups is 3. The molecule has 0 radical (unpaired) electrons. The fraction of sp³-hybridized carbons (Fsp3) is 0.738. The number of ketones is 1. The largest absolute Gasteiger partial charge is 0.481 e. The molecule has 1 unspecified atom stereocenters. The van der Waals surface area contributed by atoms with Crippen LogP contribution in [-0.2, 0) is 25.5 Å². The van der Waals surface area contributed by atoms with E-state index in [1.165, 1.54) is 5.57 Å². The molecule has 4 fully saturated rings. The molecule has 0 amide bonds. The minimum atomic E-state index is -1.16. The molecule has 5 aliphatic carbocycles. The maximum absolute atomic E-state index is 14.1. The fourth-order valence-corrected chi connectivity index (χ4v) is 12.9. The van der Waals surface area contributed by atoms with Crippen LogP contribution in [0.2, 0.25) is 0 Å². The Morgan fingerprint density at radius 1 is 0.942 bits per heavy atom. The van der Waals surface area contributed by atoms with Crippen LogP contribution in [0.25, 0.3) is 11.7 Å². The number of ether oxygens (including phenoxy) is 1. The van der Waals surface area contributed by atoms with Gasteiger partial charge in [0.1, 0.15) is 6.10 Å². The number of allylic oxidation sites excluding steroid dienone is 2. The first-order chi connectivity index (χ1) is 24.3. The van der Waals surface area contributed by atoms with Crippen LogP contribution >= 0.6 is 0 Å². The molecule has 10 heteroatoms. The number of hydrogen-bond donors (Lipinski definition) is 1. The number of Topliss-reactive ketones (excluding diaryl/α,β-unsaturated/α-hetero) is 1. The van der Waals surface area contributed by atoms with Gasteiger partial charge in [0, 0.05) is 36.1 Å². The molecule has 4 saturated carbocycles. The van der Waals surface area contributed by atoms with Crippen molar-refractivity contribution in [2.45, 2.75) is 139 Å². The van der Waals surface area contributed by atoms with Gasteiger partial charge in [-0.1, -0.05) is 54.0 Å². The Kier molecular flexibility index (Phi) is 8.73. The summed E-state index contributed by atoms with van der Waals surface area (Å²) < 4.78 is 12.4. The number of rotatable bonds is 8. The molecule has 1 N–H and O–H groups in total. The van der Waals surface area contributed by atoms with Crippen molar-refractivity contribution in [3.8, 4) is 11.7 Å². The third kappa shape index (κ3) is 5.42. The minimum Gasteiger partial charge on any atom is -0.481 e. The van der Waals surface area contributed by atoms with Crippen molar-refractivity contribution in [2.24, 2.45) is 56.2 Å². The second kappa shape index (κ2) is 12.3. The van der Waals surface area contributed by atoms with Crippen molar-refractivity contribution in [2.75, 3.05) is 0 Å². The molecule has 5 aliphatic rings. The van der Waals surface area contributed by atoms with Crippen molar-refractivity contribution in [3.63, 3.8) is 0 Å². The molecule has 8 atom stereocenters. The predicted octanol–water partition coefficient (Wildman–Crippen LogP) is 8.46. The molecule has 0 aliphatic heterocycles. The van der Waals surface area contributed by atoms with Crippen molar-refractivity contribution >= 4 is 17.7 Å². The van der Waals surface area contributed by atoms with Gasteiger partial charge in [-0.05, 0) is 117 Å². The first kappa shape index (κ1) is 36.9. The standard InChI is InChI=1S/C42H58N4O6/c1-24(2)32-26(47)21-42(22-30-45-46-35(52-30)34-43-19-10-20-44-34)18-17-40(8)25(33(32)42)11-12-28-39(7)15-14-29(51-31(48)23-37(3,4)36(49)50)38(5,6)27(39)13-16-41(28,40)9/h10,19-20,24-25,27-29H,11-18,21-23H2,1-9H3,(H,49,50)/t25-,27?,28-,29+,39+,40-,41-,42+/m1/s1. The SMILES string of the molecule is CC(C)C1=C2[C@H]3CC[C@@H]4[C@@]5(C)CC[C@H](OC(=O)CC(C)(C)C(=O)O)C(C)(C)C5CC[C@@]4(C)[C@]3(C)CC[C@@]2(Cc2nnc(-c3ncccn3)o2)CC1=O. The molecule has 2 aromatic heterocycles. The monoisotopic (exact) mass is 714 g/mol. The van der Waals surface area contributed by atoms with Crippen molar-refractivity contribution in [1.82, 2.24) is 20.2 Å². The van der Waals surface area contributed by atoms with E-state index in [1.807, 2.05) is 0 Å². The van der Waals surface area contributed by atoms with Crippen LogP contribution in [0.5, 0.6) is 0 Å². The Morgan fingerprint density at radius 2 is 1.65 bits per heavy atom. The molecule has 52 heavy (non-hydrogen) atoms. The number of aromatic nitrogens is 4. The van der Waals surface area contributed by atoms with Crippen LogP contribution < -0.4 is 0 Å². The Balaban J connectivity index is 1.18. The topological polar surface area (TPSA) is 145 Å². The average Bonchev–Trinajstić information content (AvgIpc) is 3.64. The first-order valence-corrected chi connectivity index (χ1v) is 19.6. The molecule has 0 spiro atoms. The summed E-state index contributed by atoms with van der Waals surface area (Å²) in [6.45, 7) is 19.7. The molecular formula is C42H58N4O6. The van der Waals surface area contributed by atoms with Gasteiger partial charge >= 0.3 is 11.9 Å². The van der Waals surface area contributed by atoms with Crippen LogP contribution in [0.15, 0.2) is 34.0 Å². The summed E-state index contributed by atoms with van der Waals surface area (Å²) in [5.41, 5.74) is 0.845. The molecular weight excluding hydrogens is 656 g/mol. The lowest BCUT2D eigenvalue weighted by atomic mass is 9.33. The summed E-state index contributed by atoms with van der Waals surface area (Å²) in [4.78, 5) is 47.5. The van der Waals surface area contributed by atoms with E-state index in [4.69, 9.17) is 9.15 Å². The maximum atomic E-state index is 14.1. The molecule has 10 nitrogen and oxygen atoms in total. The fourth-order valence-electron chi connectivity index (χ4n) is 12.9. The van der Waals surface area contributed by atoms with Gasteiger partial charge in [-0.2, -0.15) is 0 Å². The van der Waals surface area contributed by atoms with Crippen molar-refractivity contribution < 1.29 is 28.6 Å². The second-order valence-electron chi connectivity index (χ2n) is 19.4. The number of esters is 1. The lowest BCUT2D eigenvalue weighted by Crippen LogP contribution is -2.65. The van der Waals surface area contributed by atoms with E-state index in [0.717, 1.165) is 56.9 Å². The normalized spacial score (nSPS) is 36.8. The van der Waals surface area contributed by atoms with E-state index in [9.17, 15) is 19.5 Å². The number of nitrogens with zero attached hydrogens (tertiary/aromatic N) is 4. The van der Waals surface area contributed by atoms with Gasteiger partial charge in [0.05, 0.1) is 11.8 Å². The van der Waals surface area contributed by atoms with Gasteiger partial charge in [0.25, 0.3) is 5.89 Å². The first-order valence-electron chi connectivity index (χ1n) is 19.6. The van der Waals surface area contributed by atoms with Gasteiger partial charge in [0.15, 0.2) is 5.78 Å². The Morgan fingerprint density at radius 3 is 2.33 bits per heavy atom. The molecule has 0 bridgehead atoms. The average molecular weight is 715 g/mol. The van der Waals surface area contributed by atoms with Crippen LogP contribution in [0, 0.1) is 56.2 Å². The van der Waals surface area contributed by atoms with Crippen LogP contribution in [-0.4, -0.2) is 49.1 Å². The highest BCUT2D eigenvalue weighted by Crippen LogP contribution is 2.77. The predicted molar refractivity (Wildman–Crippen MR) is 194 cm³/mol. The van der Waals surface area contributed by atoms with Gasteiger partial charge in [-0.3, -0.25) is 14.4 Å². The number of hydrogen-bond acceptors (Lipinski definition) is 9. The van der Waals surface area contributed by atoms with Gasteiger partial charge in [-0.25, -0.2) is 9.97 Å². The van der Waals surface area contributed by atoms with E-state index in [0.29, 0.717) is 48.2 Å². The summed E-state index contributed by atoms with van der Waals surface area (Å²) in [5.74, 6) is 1.44. The smallest absolute Gasteiger partial charge is 0.309 e. The van der Waals surface area contributed by atoms with Crippen LogP contribution in [0.3, 0.4) is 0 Å². The lowest BCUT2D eigenvalue weighted by molar-refractivity contribution is -0.233. The lowest BCUT2D eigenvalue weighted by Gasteiger charge is -2.72. The van der Waals surface area contributed by atoms with Crippen LogP contribution in [0.4, 0.5) is 0 Å². The number of carboxylic acids is 1. The van der Waals surface area contributed by atoms with Gasteiger partial charge in [-0.15, -0.1) is 10.2 Å². The molecule has 0 saturated heterocycles. The van der Waals surface area contributed by atoms with E-state index in [1.54, 1.807) is 32.3 Å². The minimum absolute atomic E-state index is 0.0151. The Hall–Kier alpha value is -3.43. The van der Waals surface area contributed by atoms with E-state index in [-0.39, 0.29) is 51.3 Å². The molecule has 7 rings (SSSR count). The summed E-state index contributed by atoms with van der Waals surface area (Å²) >= 11 is 0. The van der Waals surface area contributed by atoms with E-state index >= 15 is 0 Å². The Labute approximate surface area is 308 Å². The number of carbonyl (C=O) groups excluding carboxylic acids is 2. The summed E-state index contributed by atoms with van der Waals surface area (Å²) in [7, 11) is 0. The third-order valence-electron chi connectivity index (χ3n) is 15.7. The second-order valence-corrected chi connectivity index (χ2v) is 19.4. The molecule has 2 heterocycles. The van der Waals surface area contributed by atoms with E-state index in [2.05, 4.69) is 68.6 Å². The molecule has 2 aromatic rings. The zero-order valence-electron chi connectivity index (χ0n) is 32.7. The Bertz CT molecular complexity index is 1800. The summed E-state index contributed by atoms with van der Waals surface area (Å²) in [6, 6.07) is 1.76. The zero-order valence-corrected chi connectivity index (χ0v) is 32.7. The summed E-state index contributed by atoms with van der Waals surface area (Å²) in [6.07, 6.45) is 12.0. The maximum Gasteiger partial charge on any atom is 0.309 e. The summed E-state index contributed by atoms with van der Waals surface area (Å²) in [5, 5.41) is 18.4.